The molecule has 0 aromatic heterocycles. The Hall–Kier alpha value is 0.0169. The van der Waals surface area contributed by atoms with Crippen molar-refractivity contribution in [2.75, 3.05) is 0 Å². The van der Waals surface area contributed by atoms with E-state index in [0.717, 1.165) is 0 Å². The van der Waals surface area contributed by atoms with Crippen LogP contribution in [0.3, 0.4) is 0 Å². The zero-order valence-electron chi connectivity index (χ0n) is 3.00. The smallest absolute Gasteiger partial charge is 0.368 e. The van der Waals surface area contributed by atoms with Gasteiger partial charge >= 0.3 is 9.05 Å². The van der Waals surface area contributed by atoms with Crippen LogP contribution in [0.2, 0.25) is 0 Å². The molecule has 0 rings (SSSR count). The molecule has 0 radical (unpaired) electrons. The van der Waals surface area contributed by atoms with E-state index in [1.165, 1.54) is 0 Å². The van der Waals surface area contributed by atoms with Crippen LogP contribution in [-0.2, 0) is 0 Å². The molecule has 0 bridgehead atoms. The van der Waals surface area contributed by atoms with Crippen LogP contribution in [0.25, 0.3) is 0 Å². The molecule has 0 aliphatic rings. The summed E-state index contributed by atoms with van der Waals surface area (Å²) in [6.45, 7) is 0. The molecule has 0 saturated carbocycles. The Morgan fingerprint density at radius 1 is 0.857 bits per heavy atom. The molecule has 0 aliphatic carbocycles. The van der Waals surface area contributed by atoms with Gasteiger partial charge in [-0.25, -0.2) is 0 Å². The summed E-state index contributed by atoms with van der Waals surface area (Å²) in [4.78, 5) is 29.3. The zero-order valence-corrected chi connectivity index (χ0v) is 4.00. The number of hydrogen-bond acceptors (Lipinski definition) is 5. The van der Waals surface area contributed by atoms with Crippen molar-refractivity contribution in [3.05, 3.63) is 0 Å². The SMILES string of the molecule is C.N.O[Si](O)(O)O. The Balaban J connectivity index is -0.0000000800. The van der Waals surface area contributed by atoms with Crippen molar-refractivity contribution in [1.82, 2.24) is 6.15 Å². The van der Waals surface area contributed by atoms with Gasteiger partial charge in [0.2, 0.25) is 0 Å². The summed E-state index contributed by atoms with van der Waals surface area (Å²) in [7, 11) is -4.61. The first-order chi connectivity index (χ1) is 2.00. The van der Waals surface area contributed by atoms with Crippen LogP contribution in [0.15, 0.2) is 0 Å². The Morgan fingerprint density at radius 3 is 0.857 bits per heavy atom. The Labute approximate surface area is 42.9 Å². The largest absolute Gasteiger partial charge is 0.668 e. The van der Waals surface area contributed by atoms with Crippen LogP contribution < -0.4 is 6.15 Å². The van der Waals surface area contributed by atoms with E-state index in [-0.39, 0.29) is 13.6 Å². The molecule has 5 nitrogen and oxygen atoms in total. The minimum atomic E-state index is -4.61. The van der Waals surface area contributed by atoms with Gasteiger partial charge in [-0.15, -0.1) is 0 Å². The zero-order chi connectivity index (χ0) is 4.50. The second-order valence-corrected chi connectivity index (χ2v) is 1.80. The summed E-state index contributed by atoms with van der Waals surface area (Å²) >= 11 is 0. The van der Waals surface area contributed by atoms with Gasteiger partial charge in [0.1, 0.15) is 0 Å². The van der Waals surface area contributed by atoms with Crippen LogP contribution in [0, 0.1) is 0 Å². The lowest BCUT2D eigenvalue weighted by Crippen LogP contribution is -2.33. The molecule has 7 heavy (non-hydrogen) atoms. The molecule has 0 heterocycles. The van der Waals surface area contributed by atoms with E-state index >= 15 is 0 Å². The Morgan fingerprint density at radius 2 is 0.857 bits per heavy atom. The third kappa shape index (κ3) is 341000. The Bertz CT molecular complexity index is 27.2. The first-order valence-electron chi connectivity index (χ1n) is 0.894. The maximum Gasteiger partial charge on any atom is 0.668 e. The van der Waals surface area contributed by atoms with E-state index in [9.17, 15) is 0 Å². The molecule has 48 valence electrons. The predicted molar refractivity (Wildman–Crippen MR) is 26.4 cm³/mol. The monoisotopic (exact) mass is 129 g/mol. The third-order valence-electron chi connectivity index (χ3n) is 0. The Kier molecular flexibility index (Phi) is 9.41. The fourth-order valence-corrected chi connectivity index (χ4v) is 0. The van der Waals surface area contributed by atoms with E-state index in [1.54, 1.807) is 0 Å². The minimum absolute atomic E-state index is 0. The predicted octanol–water partition coefficient (Wildman–Crippen LogP) is -1.81. The normalized spacial score (nSPS) is 8.57. The first kappa shape index (κ1) is 15.7. The highest BCUT2D eigenvalue weighted by Gasteiger charge is 2.22. The molecule has 0 amide bonds. The van der Waals surface area contributed by atoms with Gasteiger partial charge < -0.3 is 25.3 Å². The summed E-state index contributed by atoms with van der Waals surface area (Å²) in [5, 5.41) is 0. The molecule has 6 heteroatoms. The molecule has 0 aromatic rings. The van der Waals surface area contributed by atoms with Crippen molar-refractivity contribution in [2.24, 2.45) is 0 Å². The molecule has 7 N–H and O–H groups in total. The average molecular weight is 129 g/mol. The van der Waals surface area contributed by atoms with Crippen LogP contribution >= 0.6 is 0 Å². The molecular formula is CH11NO4Si. The van der Waals surface area contributed by atoms with Gasteiger partial charge in [0.25, 0.3) is 0 Å². The lowest BCUT2D eigenvalue weighted by Gasteiger charge is -1.91. The van der Waals surface area contributed by atoms with Gasteiger partial charge in [-0.1, -0.05) is 7.43 Å². The lowest BCUT2D eigenvalue weighted by atomic mass is 12.0. The van der Waals surface area contributed by atoms with Crippen molar-refractivity contribution < 1.29 is 19.2 Å². The topological polar surface area (TPSA) is 116 Å². The first-order valence-corrected chi connectivity index (χ1v) is 2.68. The van der Waals surface area contributed by atoms with Gasteiger partial charge in [-0.3, -0.25) is 0 Å². The third-order valence-corrected chi connectivity index (χ3v) is 0. The maximum atomic E-state index is 7.33. The van der Waals surface area contributed by atoms with Crippen molar-refractivity contribution >= 4 is 9.05 Å². The molecule has 0 saturated heterocycles. The lowest BCUT2D eigenvalue weighted by molar-refractivity contribution is 0.117. The minimum Gasteiger partial charge on any atom is -0.368 e. The molecular weight excluding hydrogens is 118 g/mol. The van der Waals surface area contributed by atoms with Gasteiger partial charge in [0, 0.05) is 0 Å². The standard InChI is InChI=1S/CH4.H3N.H4O4Si/c;;1-5(2,3)4/h1H4;1H3;1-4H. The van der Waals surface area contributed by atoms with Gasteiger partial charge in [-0.2, -0.15) is 0 Å². The summed E-state index contributed by atoms with van der Waals surface area (Å²) in [6.07, 6.45) is 0. The van der Waals surface area contributed by atoms with Crippen molar-refractivity contribution in [3.63, 3.8) is 0 Å². The second kappa shape index (κ2) is 4.18. The summed E-state index contributed by atoms with van der Waals surface area (Å²) in [5.74, 6) is 0. The highest BCUT2D eigenvalue weighted by molar-refractivity contribution is 6.46. The quantitative estimate of drug-likeness (QED) is 0.247. The number of hydrogen-bond donors (Lipinski definition) is 5. The van der Waals surface area contributed by atoms with Crippen LogP contribution in [-0.4, -0.2) is 28.2 Å². The van der Waals surface area contributed by atoms with Crippen LogP contribution in [0.4, 0.5) is 0 Å². The van der Waals surface area contributed by atoms with E-state index in [2.05, 4.69) is 0 Å². The van der Waals surface area contributed by atoms with Crippen molar-refractivity contribution in [2.45, 2.75) is 7.43 Å². The summed E-state index contributed by atoms with van der Waals surface area (Å²) in [5.41, 5.74) is 0. The maximum absolute atomic E-state index is 7.33. The van der Waals surface area contributed by atoms with Crippen molar-refractivity contribution in [3.8, 4) is 0 Å². The average Bonchev–Trinajstić information content (AvgIpc) is 0.722. The van der Waals surface area contributed by atoms with Gasteiger partial charge in [0.05, 0.1) is 0 Å². The van der Waals surface area contributed by atoms with Crippen molar-refractivity contribution in [1.29, 1.82) is 0 Å². The molecule has 0 atom stereocenters. The molecule has 0 unspecified atom stereocenters. The highest BCUT2D eigenvalue weighted by atomic mass is 28.4. The second-order valence-electron chi connectivity index (χ2n) is 0.600. The van der Waals surface area contributed by atoms with Crippen LogP contribution in [0.1, 0.15) is 7.43 Å². The molecule has 0 aliphatic heterocycles. The fourth-order valence-electron chi connectivity index (χ4n) is 0. The van der Waals surface area contributed by atoms with E-state index in [4.69, 9.17) is 19.2 Å². The van der Waals surface area contributed by atoms with Gasteiger partial charge in [-0.05, 0) is 0 Å². The highest BCUT2D eigenvalue weighted by Crippen LogP contribution is 1.67. The van der Waals surface area contributed by atoms with E-state index < -0.39 is 9.05 Å². The van der Waals surface area contributed by atoms with E-state index in [0.29, 0.717) is 0 Å². The van der Waals surface area contributed by atoms with Crippen LogP contribution in [0.5, 0.6) is 0 Å². The summed E-state index contributed by atoms with van der Waals surface area (Å²) < 4.78 is 0. The molecule has 0 aromatic carbocycles. The molecule has 0 fully saturated rings. The summed E-state index contributed by atoms with van der Waals surface area (Å²) in [6, 6.07) is 0. The number of rotatable bonds is 0. The molecule has 0 spiro atoms. The fraction of sp³-hybridized carbons (Fsp3) is 1.00. The van der Waals surface area contributed by atoms with E-state index in [1.807, 2.05) is 0 Å². The van der Waals surface area contributed by atoms with Gasteiger partial charge in [0.15, 0.2) is 0 Å².